The van der Waals surface area contributed by atoms with E-state index < -0.39 is 12.0 Å². The largest absolute Gasteiger partial charge is 0.497 e. The zero-order chi connectivity index (χ0) is 25.9. The lowest BCUT2D eigenvalue weighted by molar-refractivity contribution is -0.124. The third-order valence-corrected chi connectivity index (χ3v) is 7.07. The standard InChI is InChI=1S/C30H32N2O5/c1-4-36-25-16-20-13-14-32-28(24(20)17-26(25)37-5-2)27(22-11-6-7-12-23(22)30(32)34)29(33)31-18-19-9-8-10-21(15-19)35-3/h6-12,15-17,27-28H,4-5,13-14,18H2,1-3H3,(H,31,33)/t27-,28-/m0/s1. The second-order valence-electron chi connectivity index (χ2n) is 9.19. The van der Waals surface area contributed by atoms with Crippen molar-refractivity contribution in [3.63, 3.8) is 0 Å². The number of amides is 2. The Bertz CT molecular complexity index is 1320. The van der Waals surface area contributed by atoms with Crippen molar-refractivity contribution in [3.05, 3.63) is 88.5 Å². The highest BCUT2D eigenvalue weighted by Crippen LogP contribution is 2.48. The minimum absolute atomic E-state index is 0.0464. The van der Waals surface area contributed by atoms with E-state index in [0.717, 1.165) is 28.0 Å². The lowest BCUT2D eigenvalue weighted by Crippen LogP contribution is -2.50. The lowest BCUT2D eigenvalue weighted by atomic mass is 9.75. The molecule has 0 unspecified atom stereocenters. The zero-order valence-electron chi connectivity index (χ0n) is 21.5. The third kappa shape index (κ3) is 4.61. The third-order valence-electron chi connectivity index (χ3n) is 7.07. The highest BCUT2D eigenvalue weighted by atomic mass is 16.5. The van der Waals surface area contributed by atoms with E-state index in [-0.39, 0.29) is 11.8 Å². The molecule has 7 nitrogen and oxygen atoms in total. The second kappa shape index (κ2) is 10.5. The summed E-state index contributed by atoms with van der Waals surface area (Å²) < 4.78 is 17.1. The van der Waals surface area contributed by atoms with E-state index in [1.165, 1.54) is 0 Å². The minimum atomic E-state index is -0.564. The van der Waals surface area contributed by atoms with Crippen LogP contribution >= 0.6 is 0 Å². The van der Waals surface area contributed by atoms with Crippen molar-refractivity contribution in [1.29, 1.82) is 0 Å². The van der Waals surface area contributed by atoms with E-state index in [1.807, 2.05) is 79.4 Å². The van der Waals surface area contributed by atoms with Crippen LogP contribution in [0.3, 0.4) is 0 Å². The zero-order valence-corrected chi connectivity index (χ0v) is 21.5. The van der Waals surface area contributed by atoms with Crippen LogP contribution in [-0.2, 0) is 17.8 Å². The molecular weight excluding hydrogens is 468 g/mol. The first-order valence-electron chi connectivity index (χ1n) is 12.8. The molecule has 0 aromatic heterocycles. The number of nitrogens with one attached hydrogen (secondary N) is 1. The van der Waals surface area contributed by atoms with Crippen LogP contribution in [-0.4, -0.2) is 43.6 Å². The van der Waals surface area contributed by atoms with Gasteiger partial charge in [-0.25, -0.2) is 0 Å². The summed E-state index contributed by atoms with van der Waals surface area (Å²) in [6.07, 6.45) is 0.685. The topological polar surface area (TPSA) is 77.1 Å². The molecule has 2 amide bonds. The van der Waals surface area contributed by atoms with Gasteiger partial charge >= 0.3 is 0 Å². The van der Waals surface area contributed by atoms with Gasteiger partial charge in [-0.3, -0.25) is 9.59 Å². The van der Waals surface area contributed by atoms with Gasteiger partial charge < -0.3 is 24.4 Å². The van der Waals surface area contributed by atoms with Crippen molar-refractivity contribution >= 4 is 11.8 Å². The Morgan fingerprint density at radius 3 is 2.49 bits per heavy atom. The predicted octanol–water partition coefficient (Wildman–Crippen LogP) is 4.65. The van der Waals surface area contributed by atoms with Crippen LogP contribution in [0.4, 0.5) is 0 Å². The van der Waals surface area contributed by atoms with Crippen molar-refractivity contribution in [2.24, 2.45) is 0 Å². The summed E-state index contributed by atoms with van der Waals surface area (Å²) in [6.45, 7) is 5.77. The molecule has 0 aliphatic carbocycles. The Morgan fingerprint density at radius 2 is 1.73 bits per heavy atom. The van der Waals surface area contributed by atoms with Crippen molar-refractivity contribution in [2.45, 2.75) is 38.8 Å². The molecule has 2 aliphatic heterocycles. The average molecular weight is 501 g/mol. The van der Waals surface area contributed by atoms with Gasteiger partial charge in [-0.15, -0.1) is 0 Å². The summed E-state index contributed by atoms with van der Waals surface area (Å²) in [5, 5.41) is 3.12. The first kappa shape index (κ1) is 24.7. The summed E-state index contributed by atoms with van der Waals surface area (Å²) in [5.74, 6) is 1.32. The van der Waals surface area contributed by atoms with Crippen LogP contribution in [0.15, 0.2) is 60.7 Å². The molecule has 0 saturated carbocycles. The van der Waals surface area contributed by atoms with Gasteiger partial charge in [0, 0.05) is 18.7 Å². The van der Waals surface area contributed by atoms with E-state index in [4.69, 9.17) is 14.2 Å². The normalized spacial score (nSPS) is 17.8. The molecule has 0 spiro atoms. The molecule has 1 N–H and O–H groups in total. The highest BCUT2D eigenvalue weighted by molar-refractivity contribution is 6.01. The molecule has 0 fully saturated rings. The van der Waals surface area contributed by atoms with Crippen LogP contribution in [0.1, 0.15) is 58.4 Å². The molecule has 0 saturated heterocycles. The predicted molar refractivity (Wildman–Crippen MR) is 140 cm³/mol. The smallest absolute Gasteiger partial charge is 0.254 e. The Balaban J connectivity index is 1.56. The van der Waals surface area contributed by atoms with E-state index in [1.54, 1.807) is 7.11 Å². The second-order valence-corrected chi connectivity index (χ2v) is 9.19. The van der Waals surface area contributed by atoms with Gasteiger partial charge in [0.25, 0.3) is 5.91 Å². The van der Waals surface area contributed by atoms with E-state index in [0.29, 0.717) is 49.8 Å². The molecule has 2 heterocycles. The van der Waals surface area contributed by atoms with Gasteiger partial charge in [-0.2, -0.15) is 0 Å². The molecule has 37 heavy (non-hydrogen) atoms. The summed E-state index contributed by atoms with van der Waals surface area (Å²) in [5.41, 5.74) is 4.28. The van der Waals surface area contributed by atoms with Crippen molar-refractivity contribution < 1.29 is 23.8 Å². The maximum absolute atomic E-state index is 13.9. The Labute approximate surface area is 217 Å². The van der Waals surface area contributed by atoms with E-state index in [9.17, 15) is 9.59 Å². The Morgan fingerprint density at radius 1 is 0.973 bits per heavy atom. The van der Waals surface area contributed by atoms with Crippen molar-refractivity contribution in [3.8, 4) is 17.2 Å². The summed E-state index contributed by atoms with van der Waals surface area (Å²) in [7, 11) is 1.62. The molecule has 2 atom stereocenters. The molecule has 7 heteroatoms. The van der Waals surface area contributed by atoms with Gasteiger partial charge in [0.2, 0.25) is 5.91 Å². The van der Waals surface area contributed by atoms with Gasteiger partial charge in [0.05, 0.1) is 32.3 Å². The molecule has 192 valence electrons. The summed E-state index contributed by atoms with van der Waals surface area (Å²) >= 11 is 0. The van der Waals surface area contributed by atoms with E-state index >= 15 is 0 Å². The maximum Gasteiger partial charge on any atom is 0.254 e. The number of ether oxygens (including phenoxy) is 3. The molecule has 0 bridgehead atoms. The minimum Gasteiger partial charge on any atom is -0.497 e. The fourth-order valence-corrected chi connectivity index (χ4v) is 5.44. The fraction of sp³-hybridized carbons (Fsp3) is 0.333. The summed E-state index contributed by atoms with van der Waals surface area (Å²) in [4.78, 5) is 29.3. The van der Waals surface area contributed by atoms with Crippen LogP contribution in [0.5, 0.6) is 17.2 Å². The number of hydrogen-bond donors (Lipinski definition) is 1. The molecule has 5 rings (SSSR count). The number of hydrogen-bond acceptors (Lipinski definition) is 5. The first-order chi connectivity index (χ1) is 18.0. The Kier molecular flexibility index (Phi) is 7.04. The number of carbonyl (C=O) groups excluding carboxylic acids is 2. The van der Waals surface area contributed by atoms with Gasteiger partial charge in [0.1, 0.15) is 5.75 Å². The quantitative estimate of drug-likeness (QED) is 0.487. The SMILES string of the molecule is CCOc1cc2c(cc1OCC)[C@H]1[C@@H](C(=O)NCc3cccc(OC)c3)c3ccccc3C(=O)N1CC2. The molecule has 0 radical (unpaired) electrons. The van der Waals surface area contributed by atoms with Gasteiger partial charge in [-0.05, 0) is 72.9 Å². The first-order valence-corrected chi connectivity index (χ1v) is 12.8. The van der Waals surface area contributed by atoms with E-state index in [2.05, 4.69) is 5.32 Å². The monoisotopic (exact) mass is 500 g/mol. The Hall–Kier alpha value is -4.00. The lowest BCUT2D eigenvalue weighted by Gasteiger charge is -2.45. The highest BCUT2D eigenvalue weighted by Gasteiger charge is 2.46. The van der Waals surface area contributed by atoms with Crippen molar-refractivity contribution in [1.82, 2.24) is 10.2 Å². The molecule has 2 aliphatic rings. The van der Waals surface area contributed by atoms with Crippen LogP contribution in [0, 0.1) is 0 Å². The molecule has 3 aromatic carbocycles. The van der Waals surface area contributed by atoms with Gasteiger partial charge in [0.15, 0.2) is 11.5 Å². The number of carbonyl (C=O) groups is 2. The van der Waals surface area contributed by atoms with Crippen LogP contribution < -0.4 is 19.5 Å². The number of nitrogens with zero attached hydrogens (tertiary/aromatic N) is 1. The van der Waals surface area contributed by atoms with Crippen molar-refractivity contribution in [2.75, 3.05) is 26.9 Å². The summed E-state index contributed by atoms with van der Waals surface area (Å²) in [6, 6.07) is 18.6. The van der Waals surface area contributed by atoms with Crippen LogP contribution in [0.25, 0.3) is 0 Å². The molecular formula is C30H32N2O5. The average Bonchev–Trinajstić information content (AvgIpc) is 2.92. The number of methoxy groups -OCH3 is 1. The maximum atomic E-state index is 13.9. The number of benzene rings is 3. The van der Waals surface area contributed by atoms with Gasteiger partial charge in [-0.1, -0.05) is 30.3 Å². The number of fused-ring (bicyclic) bond motifs is 4. The fourth-order valence-electron chi connectivity index (χ4n) is 5.44. The number of rotatable bonds is 8. The van der Waals surface area contributed by atoms with Crippen LogP contribution in [0.2, 0.25) is 0 Å². The molecule has 3 aromatic rings.